The summed E-state index contributed by atoms with van der Waals surface area (Å²) in [5, 5.41) is 19.3. The molecule has 7 nitrogen and oxygen atoms in total. The SMILES string of the molecule is Cl.N#Cc1ccc(-c2nc(N3C4CCC3CC(N)C4)n3ccnc3c2-c2ccc(F)c(O)c2)cc1F. The maximum atomic E-state index is 14.7. The van der Waals surface area contributed by atoms with Gasteiger partial charge in [0.2, 0.25) is 5.95 Å². The number of anilines is 1. The molecule has 3 N–H and O–H groups in total. The normalized spacial score (nSPS) is 20.8. The lowest BCUT2D eigenvalue weighted by Gasteiger charge is -2.39. The van der Waals surface area contributed by atoms with Crippen molar-refractivity contribution in [3.8, 4) is 34.2 Å². The first-order valence-electron chi connectivity index (χ1n) is 11.5. The summed E-state index contributed by atoms with van der Waals surface area (Å²) < 4.78 is 30.5. The predicted molar refractivity (Wildman–Crippen MR) is 134 cm³/mol. The minimum absolute atomic E-state index is 0. The van der Waals surface area contributed by atoms with Crippen LogP contribution in [-0.4, -0.2) is 37.6 Å². The number of phenols is 1. The summed E-state index contributed by atoms with van der Waals surface area (Å²) in [6.45, 7) is 0. The van der Waals surface area contributed by atoms with Gasteiger partial charge in [0.05, 0.1) is 16.8 Å². The van der Waals surface area contributed by atoms with Gasteiger partial charge in [0.25, 0.3) is 0 Å². The van der Waals surface area contributed by atoms with Crippen LogP contribution in [0.4, 0.5) is 14.7 Å². The average Bonchev–Trinajstić information content (AvgIpc) is 3.43. The van der Waals surface area contributed by atoms with Crippen molar-refractivity contribution in [3.05, 3.63) is 66.0 Å². The molecule has 2 atom stereocenters. The maximum Gasteiger partial charge on any atom is 0.212 e. The van der Waals surface area contributed by atoms with E-state index in [0.717, 1.165) is 25.7 Å². The lowest BCUT2D eigenvalue weighted by molar-refractivity contribution is 0.408. The van der Waals surface area contributed by atoms with Crippen LogP contribution in [0, 0.1) is 23.0 Å². The monoisotopic (exact) mass is 508 g/mol. The highest BCUT2D eigenvalue weighted by molar-refractivity contribution is 5.91. The molecule has 0 spiro atoms. The van der Waals surface area contributed by atoms with E-state index in [2.05, 4.69) is 9.88 Å². The van der Waals surface area contributed by atoms with Crippen LogP contribution in [0.2, 0.25) is 0 Å². The second-order valence-corrected chi connectivity index (χ2v) is 9.25. The molecule has 2 unspecified atom stereocenters. The summed E-state index contributed by atoms with van der Waals surface area (Å²) in [5.74, 6) is -1.22. The van der Waals surface area contributed by atoms with Crippen molar-refractivity contribution in [1.82, 2.24) is 14.4 Å². The van der Waals surface area contributed by atoms with Crippen LogP contribution in [0.25, 0.3) is 28.0 Å². The molecule has 4 aromatic rings. The molecule has 2 bridgehead atoms. The first kappa shape index (κ1) is 24.0. The Hall–Kier alpha value is -3.74. The minimum Gasteiger partial charge on any atom is -0.505 e. The molecule has 2 fully saturated rings. The van der Waals surface area contributed by atoms with E-state index < -0.39 is 17.4 Å². The number of rotatable bonds is 3. The van der Waals surface area contributed by atoms with Gasteiger partial charge in [0, 0.05) is 36.1 Å². The number of piperidine rings is 1. The van der Waals surface area contributed by atoms with Gasteiger partial charge in [-0.2, -0.15) is 5.26 Å². The Morgan fingerprint density at radius 1 is 1.03 bits per heavy atom. The van der Waals surface area contributed by atoms with Crippen molar-refractivity contribution >= 4 is 24.0 Å². The molecule has 10 heteroatoms. The van der Waals surface area contributed by atoms with Crippen LogP contribution < -0.4 is 10.6 Å². The Morgan fingerprint density at radius 3 is 2.42 bits per heavy atom. The van der Waals surface area contributed by atoms with E-state index in [1.54, 1.807) is 12.3 Å². The zero-order valence-electron chi connectivity index (χ0n) is 19.1. The standard InChI is InChI=1S/C26H22F2N6O.ClH/c27-20-6-3-14(10-22(20)35)23-24(15-1-2-16(13-29)21(28)9-15)32-26(33-8-7-31-25(23)33)34-18-4-5-19(34)12-17(30)11-18;/h1-3,6-10,17-19,35H,4-5,11-12,30H2;1H. The van der Waals surface area contributed by atoms with Crippen molar-refractivity contribution in [2.24, 2.45) is 5.73 Å². The summed E-state index contributed by atoms with van der Waals surface area (Å²) in [6.07, 6.45) is 7.25. The molecular formula is C26H23ClF2N6O. The summed E-state index contributed by atoms with van der Waals surface area (Å²) in [4.78, 5) is 11.9. The summed E-state index contributed by atoms with van der Waals surface area (Å²) >= 11 is 0. The van der Waals surface area contributed by atoms with E-state index in [-0.39, 0.29) is 36.1 Å². The van der Waals surface area contributed by atoms with E-state index in [1.165, 1.54) is 30.3 Å². The number of aromatic hydroxyl groups is 1. The number of halogens is 3. The van der Waals surface area contributed by atoms with Gasteiger partial charge >= 0.3 is 0 Å². The highest BCUT2D eigenvalue weighted by Crippen LogP contribution is 2.42. The van der Waals surface area contributed by atoms with Crippen LogP contribution in [-0.2, 0) is 0 Å². The molecule has 2 aliphatic heterocycles. The molecule has 2 aromatic carbocycles. The fraction of sp³-hybridized carbons (Fsp3) is 0.269. The third-order valence-corrected chi connectivity index (χ3v) is 7.13. The zero-order chi connectivity index (χ0) is 24.3. The molecule has 0 radical (unpaired) electrons. The third-order valence-electron chi connectivity index (χ3n) is 7.13. The number of nitrogens with zero attached hydrogens (tertiary/aromatic N) is 5. The van der Waals surface area contributed by atoms with Gasteiger partial charge in [0.1, 0.15) is 17.5 Å². The van der Waals surface area contributed by atoms with Crippen molar-refractivity contribution in [2.75, 3.05) is 4.90 Å². The van der Waals surface area contributed by atoms with Crippen molar-refractivity contribution in [2.45, 2.75) is 43.8 Å². The number of nitrogens with two attached hydrogens (primary N) is 1. The number of nitriles is 1. The highest BCUT2D eigenvalue weighted by Gasteiger charge is 2.41. The van der Waals surface area contributed by atoms with Crippen molar-refractivity contribution < 1.29 is 13.9 Å². The van der Waals surface area contributed by atoms with E-state index in [9.17, 15) is 19.1 Å². The maximum absolute atomic E-state index is 14.7. The van der Waals surface area contributed by atoms with E-state index >= 15 is 0 Å². The van der Waals surface area contributed by atoms with Crippen molar-refractivity contribution in [1.29, 1.82) is 5.26 Å². The summed E-state index contributed by atoms with van der Waals surface area (Å²) in [6, 6.07) is 10.8. The van der Waals surface area contributed by atoms with Gasteiger partial charge in [-0.05, 0) is 55.5 Å². The largest absolute Gasteiger partial charge is 0.505 e. The van der Waals surface area contributed by atoms with Crippen LogP contribution in [0.15, 0.2) is 48.8 Å². The minimum atomic E-state index is -0.745. The Kier molecular flexibility index (Phi) is 6.02. The third kappa shape index (κ3) is 3.74. The molecule has 2 aromatic heterocycles. The van der Waals surface area contributed by atoms with Crippen LogP contribution >= 0.6 is 12.4 Å². The quantitative estimate of drug-likeness (QED) is 0.412. The lowest BCUT2D eigenvalue weighted by Crippen LogP contribution is -2.48. The average molecular weight is 509 g/mol. The molecular weight excluding hydrogens is 486 g/mol. The summed E-state index contributed by atoms with van der Waals surface area (Å²) in [7, 11) is 0. The van der Waals surface area contributed by atoms with Gasteiger partial charge in [0.15, 0.2) is 11.6 Å². The predicted octanol–water partition coefficient (Wildman–Crippen LogP) is 4.80. The number of fused-ring (bicyclic) bond motifs is 3. The number of hydrogen-bond donors (Lipinski definition) is 2. The molecule has 0 saturated carbocycles. The molecule has 2 saturated heterocycles. The van der Waals surface area contributed by atoms with Crippen LogP contribution in [0.1, 0.15) is 31.2 Å². The number of aromatic nitrogens is 3. The topological polar surface area (TPSA) is 103 Å². The van der Waals surface area contributed by atoms with Gasteiger partial charge in [-0.25, -0.2) is 18.7 Å². The zero-order valence-corrected chi connectivity index (χ0v) is 19.9. The fourth-order valence-corrected chi connectivity index (χ4v) is 5.59. The molecule has 36 heavy (non-hydrogen) atoms. The second-order valence-electron chi connectivity index (χ2n) is 9.25. The second kappa shape index (κ2) is 9.04. The molecule has 184 valence electrons. The Bertz CT molecular complexity index is 1500. The fourth-order valence-electron chi connectivity index (χ4n) is 5.59. The molecule has 4 heterocycles. The molecule has 6 rings (SSSR count). The number of imidazole rings is 1. The van der Waals surface area contributed by atoms with E-state index in [4.69, 9.17) is 10.7 Å². The van der Waals surface area contributed by atoms with Gasteiger partial charge in [-0.3, -0.25) is 4.40 Å². The van der Waals surface area contributed by atoms with Gasteiger partial charge < -0.3 is 15.7 Å². The Labute approximate surface area is 212 Å². The highest BCUT2D eigenvalue weighted by atomic mass is 35.5. The molecule has 0 amide bonds. The first-order chi connectivity index (χ1) is 16.9. The van der Waals surface area contributed by atoms with Gasteiger partial charge in [-0.1, -0.05) is 12.1 Å². The van der Waals surface area contributed by atoms with Crippen LogP contribution in [0.3, 0.4) is 0 Å². The molecule has 0 aliphatic carbocycles. The van der Waals surface area contributed by atoms with E-state index in [0.29, 0.717) is 34.0 Å². The summed E-state index contributed by atoms with van der Waals surface area (Å²) in [5.41, 5.74) is 8.67. The van der Waals surface area contributed by atoms with Crippen molar-refractivity contribution in [3.63, 3.8) is 0 Å². The smallest absolute Gasteiger partial charge is 0.212 e. The van der Waals surface area contributed by atoms with Gasteiger partial charge in [-0.15, -0.1) is 12.4 Å². The lowest BCUT2D eigenvalue weighted by atomic mass is 9.97. The number of hydrogen-bond acceptors (Lipinski definition) is 6. The number of benzene rings is 2. The van der Waals surface area contributed by atoms with E-state index in [1.807, 2.05) is 16.7 Å². The number of phenolic OH excluding ortho intramolecular Hbond substituents is 1. The Balaban J connectivity index is 0.00000267. The van der Waals surface area contributed by atoms with Crippen LogP contribution in [0.5, 0.6) is 5.75 Å². The Morgan fingerprint density at radius 2 is 1.75 bits per heavy atom. The molecule has 2 aliphatic rings. The first-order valence-corrected chi connectivity index (χ1v) is 11.5.